The summed E-state index contributed by atoms with van der Waals surface area (Å²) in [5.74, 6) is 0. The van der Waals surface area contributed by atoms with Gasteiger partial charge in [0.1, 0.15) is 11.8 Å². The number of hydrogen-bond donors (Lipinski definition) is 0. The molecule has 0 saturated carbocycles. The Morgan fingerprint density at radius 1 is 1.00 bits per heavy atom. The molecule has 0 fully saturated rings. The van der Waals surface area contributed by atoms with Crippen molar-refractivity contribution in [3.8, 4) is 0 Å². The lowest BCUT2D eigenvalue weighted by molar-refractivity contribution is 1.16. The van der Waals surface area contributed by atoms with Gasteiger partial charge in [0.25, 0.3) is 5.56 Å². The molecule has 0 saturated heterocycles. The highest BCUT2D eigenvalue weighted by Crippen LogP contribution is 2.28. The summed E-state index contributed by atoms with van der Waals surface area (Å²) in [5, 5.41) is 3.66. The van der Waals surface area contributed by atoms with Gasteiger partial charge in [-0.2, -0.15) is 0 Å². The fourth-order valence-corrected chi connectivity index (χ4v) is 3.04. The van der Waals surface area contributed by atoms with Crippen molar-refractivity contribution in [2.24, 2.45) is 0 Å². The molecule has 2 aromatic carbocycles. The standard InChI is InChI=1S/C16H8N4O/c21-16-11-6-2-4-9-3-1-5-10(13(9)11)15-19-14-12(20(15)16)7-17-8-18-14/h1-8H. The number of fused-ring (bicyclic) bond motifs is 4. The van der Waals surface area contributed by atoms with Crippen LogP contribution in [-0.2, 0) is 0 Å². The molecular weight excluding hydrogens is 264 g/mol. The van der Waals surface area contributed by atoms with Crippen LogP contribution < -0.4 is 5.56 Å². The van der Waals surface area contributed by atoms with Crippen LogP contribution in [0.25, 0.3) is 38.4 Å². The Bertz CT molecular complexity index is 1200. The Hall–Kier alpha value is -3.08. The van der Waals surface area contributed by atoms with Gasteiger partial charge in [-0.1, -0.05) is 30.3 Å². The second kappa shape index (κ2) is 3.52. The van der Waals surface area contributed by atoms with E-state index in [1.54, 1.807) is 10.6 Å². The van der Waals surface area contributed by atoms with Crippen LogP contribution in [-0.4, -0.2) is 19.4 Å². The average molecular weight is 272 g/mol. The zero-order chi connectivity index (χ0) is 14.0. The van der Waals surface area contributed by atoms with E-state index in [0.29, 0.717) is 22.2 Å². The quantitative estimate of drug-likeness (QED) is 0.434. The van der Waals surface area contributed by atoms with E-state index in [1.807, 2.05) is 36.4 Å². The van der Waals surface area contributed by atoms with Crippen molar-refractivity contribution in [2.45, 2.75) is 0 Å². The van der Waals surface area contributed by atoms with Crippen LogP contribution >= 0.6 is 0 Å². The van der Waals surface area contributed by atoms with Crippen molar-refractivity contribution >= 4 is 38.4 Å². The SMILES string of the molecule is O=c1c2cccc3cccc(c32)c2nc3ncncc3n12. The van der Waals surface area contributed by atoms with Crippen LogP contribution in [0.3, 0.4) is 0 Å². The first-order chi connectivity index (χ1) is 10.3. The second-order valence-corrected chi connectivity index (χ2v) is 5.02. The minimum absolute atomic E-state index is 0.0772. The molecule has 3 heterocycles. The van der Waals surface area contributed by atoms with Gasteiger partial charge in [0.15, 0.2) is 11.3 Å². The molecule has 3 aromatic heterocycles. The first kappa shape index (κ1) is 10.7. The number of nitrogens with zero attached hydrogens (tertiary/aromatic N) is 4. The van der Waals surface area contributed by atoms with Gasteiger partial charge < -0.3 is 0 Å². The Morgan fingerprint density at radius 3 is 2.67 bits per heavy atom. The molecule has 0 aliphatic rings. The molecule has 21 heavy (non-hydrogen) atoms. The molecular formula is C16H8N4O. The molecule has 5 rings (SSSR count). The summed E-state index contributed by atoms with van der Waals surface area (Å²) in [6, 6.07) is 11.7. The molecule has 5 aromatic rings. The van der Waals surface area contributed by atoms with Gasteiger partial charge in [-0.25, -0.2) is 15.0 Å². The largest absolute Gasteiger partial charge is 0.268 e. The third-order valence-electron chi connectivity index (χ3n) is 3.92. The number of rotatable bonds is 0. The second-order valence-electron chi connectivity index (χ2n) is 5.02. The number of hydrogen-bond acceptors (Lipinski definition) is 4. The van der Waals surface area contributed by atoms with E-state index in [9.17, 15) is 4.79 Å². The molecule has 0 atom stereocenters. The fourth-order valence-electron chi connectivity index (χ4n) is 3.04. The van der Waals surface area contributed by atoms with Crippen molar-refractivity contribution < 1.29 is 0 Å². The maximum Gasteiger partial charge on any atom is 0.264 e. The first-order valence-corrected chi connectivity index (χ1v) is 6.60. The van der Waals surface area contributed by atoms with Crippen LogP contribution in [0, 0.1) is 0 Å². The molecule has 0 unspecified atom stereocenters. The highest BCUT2D eigenvalue weighted by Gasteiger charge is 2.15. The molecule has 0 N–H and O–H groups in total. The van der Waals surface area contributed by atoms with Crippen LogP contribution in [0.5, 0.6) is 0 Å². The smallest absolute Gasteiger partial charge is 0.264 e. The summed E-state index contributed by atoms with van der Waals surface area (Å²) in [6.07, 6.45) is 3.07. The van der Waals surface area contributed by atoms with Gasteiger partial charge in [0.05, 0.1) is 6.20 Å². The van der Waals surface area contributed by atoms with Crippen molar-refractivity contribution in [2.75, 3.05) is 0 Å². The molecule has 0 aliphatic carbocycles. The lowest BCUT2D eigenvalue weighted by Gasteiger charge is -2.06. The van der Waals surface area contributed by atoms with Crippen LogP contribution in [0.15, 0.2) is 53.7 Å². The molecule has 5 nitrogen and oxygen atoms in total. The van der Waals surface area contributed by atoms with Gasteiger partial charge in [-0.05, 0) is 11.5 Å². The summed E-state index contributed by atoms with van der Waals surface area (Å²) in [5.41, 5.74) is 1.74. The number of benzene rings is 2. The highest BCUT2D eigenvalue weighted by atomic mass is 16.1. The third-order valence-corrected chi connectivity index (χ3v) is 3.92. The van der Waals surface area contributed by atoms with Gasteiger partial charge in [0, 0.05) is 16.2 Å². The van der Waals surface area contributed by atoms with Gasteiger partial charge in [0.2, 0.25) is 0 Å². The van der Waals surface area contributed by atoms with Crippen LogP contribution in [0.2, 0.25) is 0 Å². The lowest BCUT2D eigenvalue weighted by atomic mass is 10.0. The molecule has 0 radical (unpaired) electrons. The average Bonchev–Trinajstić information content (AvgIpc) is 2.92. The monoisotopic (exact) mass is 272 g/mol. The molecule has 0 spiro atoms. The minimum atomic E-state index is -0.0772. The lowest BCUT2D eigenvalue weighted by Crippen LogP contribution is -2.13. The third kappa shape index (κ3) is 1.20. The summed E-state index contributed by atoms with van der Waals surface area (Å²) in [6.45, 7) is 0. The predicted octanol–water partition coefficient (Wildman–Crippen LogP) is 2.38. The van der Waals surface area contributed by atoms with E-state index in [2.05, 4.69) is 15.0 Å². The van der Waals surface area contributed by atoms with Crippen molar-refractivity contribution in [1.29, 1.82) is 0 Å². The van der Waals surface area contributed by atoms with Crippen LogP contribution in [0.1, 0.15) is 0 Å². The van der Waals surface area contributed by atoms with Gasteiger partial charge >= 0.3 is 0 Å². The Labute approximate surface area is 117 Å². The van der Waals surface area contributed by atoms with Gasteiger partial charge in [-0.3, -0.25) is 9.20 Å². The molecule has 0 aliphatic heterocycles. The predicted molar refractivity (Wildman–Crippen MR) is 80.8 cm³/mol. The molecule has 98 valence electrons. The summed E-state index contributed by atoms with van der Waals surface area (Å²) in [4.78, 5) is 25.5. The number of imidazole rings is 1. The first-order valence-electron chi connectivity index (χ1n) is 6.60. The molecule has 0 amide bonds. The maximum atomic E-state index is 12.8. The zero-order valence-corrected chi connectivity index (χ0v) is 10.8. The van der Waals surface area contributed by atoms with E-state index in [-0.39, 0.29) is 5.56 Å². The van der Waals surface area contributed by atoms with Crippen molar-refractivity contribution in [3.05, 3.63) is 59.3 Å². The summed E-state index contributed by atoms with van der Waals surface area (Å²) < 4.78 is 1.60. The van der Waals surface area contributed by atoms with Gasteiger partial charge in [-0.15, -0.1) is 0 Å². The van der Waals surface area contributed by atoms with E-state index < -0.39 is 0 Å². The number of pyridine rings is 1. The topological polar surface area (TPSA) is 60.2 Å². The zero-order valence-electron chi connectivity index (χ0n) is 10.8. The molecule has 0 bridgehead atoms. The van der Waals surface area contributed by atoms with E-state index in [1.165, 1.54) is 6.33 Å². The van der Waals surface area contributed by atoms with Crippen molar-refractivity contribution in [1.82, 2.24) is 19.4 Å². The highest BCUT2D eigenvalue weighted by molar-refractivity contribution is 6.15. The summed E-state index contributed by atoms with van der Waals surface area (Å²) >= 11 is 0. The normalized spacial score (nSPS) is 12.0. The maximum absolute atomic E-state index is 12.8. The Morgan fingerprint density at radius 2 is 1.81 bits per heavy atom. The van der Waals surface area contributed by atoms with E-state index in [4.69, 9.17) is 0 Å². The van der Waals surface area contributed by atoms with E-state index >= 15 is 0 Å². The summed E-state index contributed by atoms with van der Waals surface area (Å²) in [7, 11) is 0. The van der Waals surface area contributed by atoms with Crippen LogP contribution in [0.4, 0.5) is 0 Å². The number of aromatic nitrogens is 4. The van der Waals surface area contributed by atoms with E-state index in [0.717, 1.165) is 16.2 Å². The Kier molecular flexibility index (Phi) is 1.79. The Balaban J connectivity index is 2.27. The fraction of sp³-hybridized carbons (Fsp3) is 0. The van der Waals surface area contributed by atoms with Crippen molar-refractivity contribution in [3.63, 3.8) is 0 Å². The molecule has 5 heteroatoms. The minimum Gasteiger partial charge on any atom is -0.268 e.